The lowest BCUT2D eigenvalue weighted by Crippen LogP contribution is -2.43. The lowest BCUT2D eigenvalue weighted by atomic mass is 9.91. The second-order valence-corrected chi connectivity index (χ2v) is 8.42. The molecule has 0 aliphatic heterocycles. The van der Waals surface area contributed by atoms with Gasteiger partial charge in [-0.25, -0.2) is 4.98 Å². The molecule has 0 radical (unpaired) electrons. The SMILES string of the molecule is Cc1ccccc1C(=O)N(C=O)C1CCC(Oc2cc(Br)cc3nccnc23)CC1. The Bertz CT molecular complexity index is 1080. The monoisotopic (exact) mass is 467 g/mol. The van der Waals surface area contributed by atoms with Gasteiger partial charge in [-0.15, -0.1) is 0 Å². The molecule has 2 aromatic carbocycles. The van der Waals surface area contributed by atoms with Gasteiger partial charge in [0.25, 0.3) is 5.91 Å². The molecule has 7 heteroatoms. The highest BCUT2D eigenvalue weighted by Crippen LogP contribution is 2.32. The van der Waals surface area contributed by atoms with E-state index in [2.05, 4.69) is 25.9 Å². The van der Waals surface area contributed by atoms with Crippen molar-refractivity contribution in [2.24, 2.45) is 0 Å². The van der Waals surface area contributed by atoms with Crippen LogP contribution in [0.25, 0.3) is 11.0 Å². The molecule has 1 aliphatic rings. The average Bonchev–Trinajstić information content (AvgIpc) is 2.75. The molecule has 0 saturated heterocycles. The van der Waals surface area contributed by atoms with Gasteiger partial charge in [0.1, 0.15) is 11.3 Å². The lowest BCUT2D eigenvalue weighted by molar-refractivity contribution is -0.118. The molecular formula is C23H22BrN3O3. The van der Waals surface area contributed by atoms with Gasteiger partial charge in [0.05, 0.1) is 11.6 Å². The van der Waals surface area contributed by atoms with Gasteiger partial charge >= 0.3 is 0 Å². The summed E-state index contributed by atoms with van der Waals surface area (Å²) in [6.45, 7) is 1.88. The minimum atomic E-state index is -0.235. The van der Waals surface area contributed by atoms with E-state index >= 15 is 0 Å². The Hall–Kier alpha value is -2.80. The number of rotatable bonds is 5. The van der Waals surface area contributed by atoms with Gasteiger partial charge in [-0.1, -0.05) is 34.1 Å². The molecule has 0 spiro atoms. The summed E-state index contributed by atoms with van der Waals surface area (Å²) in [6, 6.07) is 11.0. The van der Waals surface area contributed by atoms with E-state index < -0.39 is 0 Å². The zero-order valence-electron chi connectivity index (χ0n) is 16.6. The van der Waals surface area contributed by atoms with Crippen LogP contribution in [0.5, 0.6) is 5.75 Å². The molecular weight excluding hydrogens is 446 g/mol. The van der Waals surface area contributed by atoms with E-state index in [0.29, 0.717) is 30.6 Å². The van der Waals surface area contributed by atoms with E-state index in [-0.39, 0.29) is 18.1 Å². The number of imide groups is 1. The Kier molecular flexibility index (Phi) is 6.08. The number of nitrogens with zero attached hydrogens (tertiary/aromatic N) is 3. The smallest absolute Gasteiger partial charge is 0.260 e. The number of ether oxygens (including phenoxy) is 1. The number of fused-ring (bicyclic) bond motifs is 1. The summed E-state index contributed by atoms with van der Waals surface area (Å²) in [5.74, 6) is 0.458. The fourth-order valence-corrected chi connectivity index (χ4v) is 4.40. The number of aromatic nitrogens is 2. The molecule has 1 aliphatic carbocycles. The summed E-state index contributed by atoms with van der Waals surface area (Å²) in [7, 11) is 0. The molecule has 0 bridgehead atoms. The number of benzene rings is 2. The number of amides is 2. The predicted octanol–water partition coefficient (Wildman–Crippen LogP) is 4.69. The molecule has 3 aromatic rings. The predicted molar refractivity (Wildman–Crippen MR) is 117 cm³/mol. The Morgan fingerprint density at radius 2 is 1.87 bits per heavy atom. The van der Waals surface area contributed by atoms with E-state index in [1.807, 2.05) is 37.3 Å². The molecule has 6 nitrogen and oxygen atoms in total. The van der Waals surface area contributed by atoms with Crippen molar-refractivity contribution in [3.8, 4) is 5.75 Å². The van der Waals surface area contributed by atoms with Crippen molar-refractivity contribution >= 4 is 39.3 Å². The van der Waals surface area contributed by atoms with Crippen LogP contribution >= 0.6 is 15.9 Å². The molecule has 4 rings (SSSR count). The van der Waals surface area contributed by atoms with Crippen molar-refractivity contribution in [1.82, 2.24) is 14.9 Å². The Morgan fingerprint density at radius 3 is 2.60 bits per heavy atom. The molecule has 1 fully saturated rings. The van der Waals surface area contributed by atoms with E-state index in [0.717, 1.165) is 33.9 Å². The first kappa shape index (κ1) is 20.5. The minimum absolute atomic E-state index is 0.00261. The number of aryl methyl sites for hydroxylation is 1. The quantitative estimate of drug-likeness (QED) is 0.508. The van der Waals surface area contributed by atoms with Crippen LogP contribution in [-0.4, -0.2) is 39.3 Å². The summed E-state index contributed by atoms with van der Waals surface area (Å²) < 4.78 is 7.14. The second kappa shape index (κ2) is 8.92. The zero-order chi connectivity index (χ0) is 21.1. The molecule has 0 unspecified atom stereocenters. The number of carbonyl (C=O) groups excluding carboxylic acids is 2. The van der Waals surface area contributed by atoms with Gasteiger partial charge in [-0.05, 0) is 56.4 Å². The third-order valence-electron chi connectivity index (χ3n) is 5.56. The van der Waals surface area contributed by atoms with Gasteiger partial charge in [0, 0.05) is 28.5 Å². The third kappa shape index (κ3) is 4.21. The maximum Gasteiger partial charge on any atom is 0.260 e. The van der Waals surface area contributed by atoms with Crippen LogP contribution in [0.3, 0.4) is 0 Å². The standard InChI is InChI=1S/C23H22BrN3O3/c1-15-4-2-3-5-19(15)23(29)27(14-28)17-6-8-18(9-7-17)30-21-13-16(24)12-20-22(21)26-11-10-25-20/h2-5,10-14,17-18H,6-9H2,1H3. The van der Waals surface area contributed by atoms with Crippen LogP contribution < -0.4 is 4.74 Å². The number of halogens is 1. The molecule has 2 amide bonds. The highest BCUT2D eigenvalue weighted by Gasteiger charge is 2.31. The first-order valence-electron chi connectivity index (χ1n) is 9.97. The lowest BCUT2D eigenvalue weighted by Gasteiger charge is -2.34. The van der Waals surface area contributed by atoms with Crippen molar-refractivity contribution in [2.75, 3.05) is 0 Å². The summed E-state index contributed by atoms with van der Waals surface area (Å²) >= 11 is 3.50. The van der Waals surface area contributed by atoms with Gasteiger partial charge < -0.3 is 4.74 Å². The van der Waals surface area contributed by atoms with Gasteiger partial charge in [-0.2, -0.15) is 0 Å². The average molecular weight is 468 g/mol. The topological polar surface area (TPSA) is 72.4 Å². The summed E-state index contributed by atoms with van der Waals surface area (Å²) in [4.78, 5) is 34.7. The van der Waals surface area contributed by atoms with Crippen LogP contribution in [0, 0.1) is 6.92 Å². The van der Waals surface area contributed by atoms with Crippen molar-refractivity contribution in [1.29, 1.82) is 0 Å². The van der Waals surface area contributed by atoms with Crippen molar-refractivity contribution in [3.05, 3.63) is 64.4 Å². The van der Waals surface area contributed by atoms with E-state index in [9.17, 15) is 9.59 Å². The second-order valence-electron chi connectivity index (χ2n) is 7.51. The van der Waals surface area contributed by atoms with Crippen LogP contribution in [0.2, 0.25) is 0 Å². The van der Waals surface area contributed by atoms with Crippen molar-refractivity contribution in [3.63, 3.8) is 0 Å². The van der Waals surface area contributed by atoms with Crippen LogP contribution in [0.15, 0.2) is 53.3 Å². The van der Waals surface area contributed by atoms with Crippen molar-refractivity contribution in [2.45, 2.75) is 44.8 Å². The first-order chi connectivity index (χ1) is 14.6. The van der Waals surface area contributed by atoms with Crippen LogP contribution in [0.1, 0.15) is 41.6 Å². The van der Waals surface area contributed by atoms with Gasteiger partial charge in [0.2, 0.25) is 6.41 Å². The van der Waals surface area contributed by atoms with E-state index in [1.54, 1.807) is 18.5 Å². The van der Waals surface area contributed by atoms with E-state index in [1.165, 1.54) is 4.90 Å². The Labute approximate surface area is 183 Å². The van der Waals surface area contributed by atoms with Gasteiger partial charge in [0.15, 0.2) is 0 Å². The maximum atomic E-state index is 12.9. The first-order valence-corrected chi connectivity index (χ1v) is 10.8. The molecule has 30 heavy (non-hydrogen) atoms. The molecule has 1 saturated carbocycles. The normalized spacial score (nSPS) is 18.7. The van der Waals surface area contributed by atoms with Crippen molar-refractivity contribution < 1.29 is 14.3 Å². The largest absolute Gasteiger partial charge is 0.488 e. The van der Waals surface area contributed by atoms with E-state index in [4.69, 9.17) is 4.74 Å². The molecule has 154 valence electrons. The Balaban J connectivity index is 1.44. The molecule has 1 aromatic heterocycles. The fraction of sp³-hybridized carbons (Fsp3) is 0.304. The summed E-state index contributed by atoms with van der Waals surface area (Å²) in [6.07, 6.45) is 6.90. The highest BCUT2D eigenvalue weighted by molar-refractivity contribution is 9.10. The Morgan fingerprint density at radius 1 is 1.13 bits per heavy atom. The summed E-state index contributed by atoms with van der Waals surface area (Å²) in [5, 5.41) is 0. The van der Waals surface area contributed by atoms with Gasteiger partial charge in [-0.3, -0.25) is 19.5 Å². The molecule has 0 atom stereocenters. The number of hydrogen-bond donors (Lipinski definition) is 0. The fourth-order valence-electron chi connectivity index (χ4n) is 3.97. The number of hydrogen-bond acceptors (Lipinski definition) is 5. The zero-order valence-corrected chi connectivity index (χ0v) is 18.2. The van der Waals surface area contributed by atoms with Crippen LogP contribution in [0.4, 0.5) is 0 Å². The minimum Gasteiger partial charge on any atom is -0.488 e. The molecule has 1 heterocycles. The number of carbonyl (C=O) groups is 2. The third-order valence-corrected chi connectivity index (χ3v) is 6.02. The summed E-state index contributed by atoms with van der Waals surface area (Å²) in [5.41, 5.74) is 2.94. The van der Waals surface area contributed by atoms with Crippen LogP contribution in [-0.2, 0) is 4.79 Å². The maximum absolute atomic E-state index is 12.9. The highest BCUT2D eigenvalue weighted by atomic mass is 79.9. The molecule has 0 N–H and O–H groups in total.